The molecule has 8 nitrogen and oxygen atoms in total. The molecule has 2 aromatic heterocycles. The topological polar surface area (TPSA) is 95.3 Å². The number of thioether (sulfide) groups is 1. The fourth-order valence-electron chi connectivity index (χ4n) is 4.22. The van der Waals surface area contributed by atoms with E-state index in [1.165, 1.54) is 42.3 Å². The highest BCUT2D eigenvalue weighted by atomic mass is 32.2. The molecular weight excluding hydrogens is 503 g/mol. The summed E-state index contributed by atoms with van der Waals surface area (Å²) < 4.78 is 26.0. The lowest BCUT2D eigenvalue weighted by atomic mass is 10.1. The highest BCUT2D eigenvalue weighted by molar-refractivity contribution is 7.99. The molecule has 0 bridgehead atoms. The predicted octanol–water partition coefficient (Wildman–Crippen LogP) is 5.42. The molecule has 2 heterocycles. The zero-order chi connectivity index (χ0) is 25.7. The van der Waals surface area contributed by atoms with Gasteiger partial charge in [-0.1, -0.05) is 18.2 Å². The first-order chi connectivity index (χ1) is 17.4. The van der Waals surface area contributed by atoms with Crippen molar-refractivity contribution in [1.82, 2.24) is 14.8 Å². The Hall–Kier alpha value is -2.92. The van der Waals surface area contributed by atoms with Crippen molar-refractivity contribution in [3.8, 4) is 5.75 Å². The number of aromatic nitrogens is 3. The van der Waals surface area contributed by atoms with E-state index in [9.17, 15) is 14.0 Å². The highest BCUT2D eigenvalue weighted by Crippen LogP contribution is 2.38. The Morgan fingerprint density at radius 2 is 1.94 bits per heavy atom. The second-order valence-electron chi connectivity index (χ2n) is 8.40. The van der Waals surface area contributed by atoms with Crippen molar-refractivity contribution < 1.29 is 23.5 Å². The molecule has 1 aliphatic carbocycles. The average molecular weight is 533 g/mol. The summed E-state index contributed by atoms with van der Waals surface area (Å²) in [5.74, 6) is 0.264. The minimum Gasteiger partial charge on any atom is -0.483 e. The number of rotatable bonds is 9. The van der Waals surface area contributed by atoms with Crippen LogP contribution < -0.4 is 10.1 Å². The number of hydrogen-bond donors (Lipinski definition) is 1. The number of methoxy groups -OCH3 is 1. The zero-order valence-corrected chi connectivity index (χ0v) is 22.1. The zero-order valence-electron chi connectivity index (χ0n) is 20.5. The average Bonchev–Trinajstić information content (AvgIpc) is 3.36. The SMILES string of the molecule is CCn1c(SCC(=O)Nc2sc3c(c2C(=O)OC)CCCCC3)nnc1C(C)Oc1ccc(F)cc1. The molecule has 11 heteroatoms. The molecule has 36 heavy (non-hydrogen) atoms. The third-order valence-corrected chi connectivity index (χ3v) is 8.12. The number of aryl methyl sites for hydroxylation is 1. The van der Waals surface area contributed by atoms with Gasteiger partial charge in [-0.25, -0.2) is 9.18 Å². The summed E-state index contributed by atoms with van der Waals surface area (Å²) in [4.78, 5) is 26.5. The van der Waals surface area contributed by atoms with E-state index in [0.29, 0.717) is 33.8 Å². The van der Waals surface area contributed by atoms with E-state index in [4.69, 9.17) is 9.47 Å². The second kappa shape index (κ2) is 11.9. The minimum absolute atomic E-state index is 0.106. The number of amides is 1. The van der Waals surface area contributed by atoms with Crippen LogP contribution in [0.4, 0.5) is 9.39 Å². The van der Waals surface area contributed by atoms with Gasteiger partial charge in [0.15, 0.2) is 17.1 Å². The number of halogens is 1. The molecule has 1 aromatic carbocycles. The van der Waals surface area contributed by atoms with Crippen molar-refractivity contribution in [3.05, 3.63) is 51.9 Å². The summed E-state index contributed by atoms with van der Waals surface area (Å²) in [6.07, 6.45) is 4.55. The number of hydrogen-bond acceptors (Lipinski definition) is 8. The first-order valence-corrected chi connectivity index (χ1v) is 13.7. The van der Waals surface area contributed by atoms with Crippen molar-refractivity contribution in [2.75, 3.05) is 18.2 Å². The van der Waals surface area contributed by atoms with Crippen LogP contribution in [-0.4, -0.2) is 39.5 Å². The highest BCUT2D eigenvalue weighted by Gasteiger charge is 2.26. The van der Waals surface area contributed by atoms with Crippen LogP contribution in [0.5, 0.6) is 5.75 Å². The van der Waals surface area contributed by atoms with Crippen LogP contribution >= 0.6 is 23.1 Å². The normalized spacial score (nSPS) is 14.0. The van der Waals surface area contributed by atoms with Gasteiger partial charge in [0.05, 0.1) is 18.4 Å². The van der Waals surface area contributed by atoms with Gasteiger partial charge in [-0.05, 0) is 69.4 Å². The third-order valence-electron chi connectivity index (χ3n) is 5.95. The van der Waals surface area contributed by atoms with E-state index in [-0.39, 0.29) is 17.5 Å². The van der Waals surface area contributed by atoms with E-state index < -0.39 is 12.1 Å². The van der Waals surface area contributed by atoms with Gasteiger partial charge in [-0.2, -0.15) is 0 Å². The number of anilines is 1. The lowest BCUT2D eigenvalue weighted by Gasteiger charge is -2.15. The monoisotopic (exact) mass is 532 g/mol. The van der Waals surface area contributed by atoms with Gasteiger partial charge >= 0.3 is 5.97 Å². The third kappa shape index (κ3) is 5.89. The van der Waals surface area contributed by atoms with Crippen molar-refractivity contribution in [1.29, 1.82) is 0 Å². The molecule has 1 N–H and O–H groups in total. The minimum atomic E-state index is -0.421. The molecule has 0 radical (unpaired) electrons. The summed E-state index contributed by atoms with van der Waals surface area (Å²) in [5.41, 5.74) is 1.50. The molecular formula is C25H29FN4O4S2. The number of carbonyl (C=O) groups is 2. The summed E-state index contributed by atoms with van der Waals surface area (Å²) >= 11 is 2.74. The molecule has 0 aliphatic heterocycles. The van der Waals surface area contributed by atoms with E-state index in [0.717, 1.165) is 42.5 Å². The molecule has 0 fully saturated rings. The number of ether oxygens (including phenoxy) is 2. The molecule has 1 unspecified atom stereocenters. The van der Waals surface area contributed by atoms with E-state index >= 15 is 0 Å². The van der Waals surface area contributed by atoms with Gasteiger partial charge in [0.2, 0.25) is 5.91 Å². The number of esters is 1. The standard InChI is InChI=1S/C25H29FN4O4S2/c1-4-30-22(15(2)34-17-12-10-16(26)11-13-17)28-29-25(30)35-14-20(31)27-23-21(24(32)33-3)18-8-6-5-7-9-19(18)36-23/h10-13,15H,4-9,14H2,1-3H3,(H,27,31). The lowest BCUT2D eigenvalue weighted by Crippen LogP contribution is -2.17. The number of nitrogens with one attached hydrogen (secondary N) is 1. The number of nitrogens with zero attached hydrogens (tertiary/aromatic N) is 3. The van der Waals surface area contributed by atoms with Crippen LogP contribution in [-0.2, 0) is 28.9 Å². The molecule has 192 valence electrons. The fourth-order valence-corrected chi connectivity index (χ4v) is 6.32. The maximum atomic E-state index is 13.2. The quantitative estimate of drug-likeness (QED) is 0.223. The van der Waals surface area contributed by atoms with Gasteiger partial charge in [0.1, 0.15) is 16.6 Å². The second-order valence-corrected chi connectivity index (χ2v) is 10.4. The Bertz CT molecular complexity index is 1230. The molecule has 0 saturated heterocycles. The predicted molar refractivity (Wildman–Crippen MR) is 137 cm³/mol. The Kier molecular flexibility index (Phi) is 8.63. The van der Waals surface area contributed by atoms with Gasteiger partial charge in [-0.3, -0.25) is 4.79 Å². The van der Waals surface area contributed by atoms with Crippen LogP contribution in [0.1, 0.15) is 65.8 Å². The summed E-state index contributed by atoms with van der Waals surface area (Å²) in [5, 5.41) is 12.6. The van der Waals surface area contributed by atoms with E-state index in [2.05, 4.69) is 15.5 Å². The summed E-state index contributed by atoms with van der Waals surface area (Å²) in [7, 11) is 1.36. The largest absolute Gasteiger partial charge is 0.483 e. The maximum absolute atomic E-state index is 13.2. The maximum Gasteiger partial charge on any atom is 0.341 e. The number of benzene rings is 1. The number of fused-ring (bicyclic) bond motifs is 1. The Labute approximate surface area is 217 Å². The smallest absolute Gasteiger partial charge is 0.341 e. The Morgan fingerprint density at radius 3 is 2.67 bits per heavy atom. The molecule has 1 aliphatic rings. The van der Waals surface area contributed by atoms with E-state index in [1.807, 2.05) is 18.4 Å². The molecule has 1 atom stereocenters. The van der Waals surface area contributed by atoms with Gasteiger partial charge in [0.25, 0.3) is 0 Å². The summed E-state index contributed by atoms with van der Waals surface area (Å²) in [6, 6.07) is 5.80. The van der Waals surface area contributed by atoms with E-state index in [1.54, 1.807) is 12.1 Å². The van der Waals surface area contributed by atoms with Crippen LogP contribution in [0.15, 0.2) is 29.4 Å². The Balaban J connectivity index is 1.43. The first-order valence-electron chi connectivity index (χ1n) is 11.9. The van der Waals surface area contributed by atoms with Crippen LogP contribution in [0, 0.1) is 5.82 Å². The van der Waals surface area contributed by atoms with Crippen molar-refractivity contribution in [2.45, 2.75) is 63.8 Å². The molecule has 3 aromatic rings. The molecule has 0 saturated carbocycles. The van der Waals surface area contributed by atoms with Crippen LogP contribution in [0.3, 0.4) is 0 Å². The van der Waals surface area contributed by atoms with Crippen molar-refractivity contribution >= 4 is 40.0 Å². The molecule has 0 spiro atoms. The molecule has 1 amide bonds. The first kappa shape index (κ1) is 26.2. The van der Waals surface area contributed by atoms with Crippen LogP contribution in [0.2, 0.25) is 0 Å². The molecule has 4 rings (SSSR count). The van der Waals surface area contributed by atoms with Crippen molar-refractivity contribution in [3.63, 3.8) is 0 Å². The number of carbonyl (C=O) groups excluding carboxylic acids is 2. The van der Waals surface area contributed by atoms with Gasteiger partial charge in [0, 0.05) is 11.4 Å². The summed E-state index contributed by atoms with van der Waals surface area (Å²) in [6.45, 7) is 4.40. The van der Waals surface area contributed by atoms with Gasteiger partial charge in [-0.15, -0.1) is 21.5 Å². The fraction of sp³-hybridized carbons (Fsp3) is 0.440. The Morgan fingerprint density at radius 1 is 1.19 bits per heavy atom. The lowest BCUT2D eigenvalue weighted by molar-refractivity contribution is -0.113. The van der Waals surface area contributed by atoms with Crippen molar-refractivity contribution in [2.24, 2.45) is 0 Å². The van der Waals surface area contributed by atoms with Gasteiger partial charge < -0.3 is 19.4 Å². The number of thiophene rings is 1. The van der Waals surface area contributed by atoms with Crippen LogP contribution in [0.25, 0.3) is 0 Å².